The Bertz CT molecular complexity index is 1260. The van der Waals surface area contributed by atoms with E-state index in [4.69, 9.17) is 10.7 Å². The van der Waals surface area contributed by atoms with Gasteiger partial charge in [-0.3, -0.25) is 9.98 Å². The predicted molar refractivity (Wildman–Crippen MR) is 122 cm³/mol. The van der Waals surface area contributed by atoms with Gasteiger partial charge in [-0.05, 0) is 47.0 Å². The molecular weight excluding hydrogens is 428 g/mol. The molecule has 0 radical (unpaired) electrons. The summed E-state index contributed by atoms with van der Waals surface area (Å²) in [5.74, 6) is 0.530. The van der Waals surface area contributed by atoms with Crippen LogP contribution >= 0.6 is 15.9 Å². The van der Waals surface area contributed by atoms with E-state index in [0.29, 0.717) is 5.82 Å². The summed E-state index contributed by atoms with van der Waals surface area (Å²) in [5, 5.41) is 5.51. The molecule has 1 aromatic carbocycles. The molecule has 3 heterocycles. The molecule has 0 aliphatic heterocycles. The van der Waals surface area contributed by atoms with Crippen LogP contribution in [0.15, 0.2) is 77.1 Å². The molecule has 0 unspecified atom stereocenters. The van der Waals surface area contributed by atoms with E-state index in [1.54, 1.807) is 16.9 Å². The van der Waals surface area contributed by atoms with Gasteiger partial charge in [0.1, 0.15) is 5.82 Å². The van der Waals surface area contributed by atoms with Crippen molar-refractivity contribution in [1.29, 1.82) is 0 Å². The highest BCUT2D eigenvalue weighted by atomic mass is 79.9. The highest BCUT2D eigenvalue weighted by Crippen LogP contribution is 2.31. The van der Waals surface area contributed by atoms with E-state index < -0.39 is 0 Å². The number of hydrogen-bond donors (Lipinski definition) is 1. The Morgan fingerprint density at radius 3 is 2.97 bits per heavy atom. The van der Waals surface area contributed by atoms with Gasteiger partial charge in [0.05, 0.1) is 21.9 Å². The number of rotatable bonds is 6. The molecule has 29 heavy (non-hydrogen) atoms. The van der Waals surface area contributed by atoms with Crippen LogP contribution in [-0.4, -0.2) is 25.8 Å². The van der Waals surface area contributed by atoms with Gasteiger partial charge < -0.3 is 5.73 Å². The highest BCUT2D eigenvalue weighted by Gasteiger charge is 2.16. The maximum absolute atomic E-state index is 6.32. The molecule has 0 bridgehead atoms. The number of para-hydroxylation sites is 1. The van der Waals surface area contributed by atoms with Gasteiger partial charge in [-0.2, -0.15) is 9.61 Å². The number of benzene rings is 1. The fraction of sp³-hybridized carbons (Fsp3) is 0.0909. The lowest BCUT2D eigenvalue weighted by molar-refractivity contribution is 0.889. The van der Waals surface area contributed by atoms with Crippen LogP contribution < -0.4 is 5.73 Å². The van der Waals surface area contributed by atoms with Crippen molar-refractivity contribution in [2.75, 3.05) is 5.73 Å². The number of nitrogens with zero attached hydrogens (tertiary/aromatic N) is 5. The lowest BCUT2D eigenvalue weighted by Gasteiger charge is -2.09. The summed E-state index contributed by atoms with van der Waals surface area (Å²) in [4.78, 5) is 13.3. The lowest BCUT2D eigenvalue weighted by Crippen LogP contribution is -2.05. The van der Waals surface area contributed by atoms with Crippen molar-refractivity contribution in [2.45, 2.75) is 12.8 Å². The molecular formula is C22H19BrN6. The molecule has 0 aliphatic carbocycles. The first-order valence-electron chi connectivity index (χ1n) is 9.15. The number of aromatic nitrogens is 4. The summed E-state index contributed by atoms with van der Waals surface area (Å²) in [7, 11) is 0. The number of pyridine rings is 1. The Morgan fingerprint density at radius 2 is 2.10 bits per heavy atom. The van der Waals surface area contributed by atoms with Crippen LogP contribution in [0.1, 0.15) is 12.1 Å². The molecule has 0 saturated carbocycles. The van der Waals surface area contributed by atoms with Gasteiger partial charge in [-0.15, -0.1) is 0 Å². The number of allylic oxidation sites excluding steroid dienone is 2. The summed E-state index contributed by atoms with van der Waals surface area (Å²) < 4.78 is 2.43. The number of aryl methyl sites for hydroxylation is 1. The number of fused-ring (bicyclic) bond motifs is 2. The van der Waals surface area contributed by atoms with E-state index in [2.05, 4.69) is 43.7 Å². The molecule has 0 amide bonds. The topological polar surface area (TPSA) is 81.5 Å². The van der Waals surface area contributed by atoms with Crippen LogP contribution in [0.4, 0.5) is 5.82 Å². The van der Waals surface area contributed by atoms with Gasteiger partial charge in [0, 0.05) is 35.1 Å². The lowest BCUT2D eigenvalue weighted by atomic mass is 10.1. The van der Waals surface area contributed by atoms with E-state index in [9.17, 15) is 0 Å². The first-order chi connectivity index (χ1) is 14.2. The smallest absolute Gasteiger partial charge is 0.165 e. The number of hydrogen-bond acceptors (Lipinski definition) is 5. The third kappa shape index (κ3) is 3.82. The van der Waals surface area contributed by atoms with E-state index in [0.717, 1.165) is 50.7 Å². The molecule has 4 aromatic rings. The Balaban J connectivity index is 1.72. The van der Waals surface area contributed by atoms with E-state index in [-0.39, 0.29) is 0 Å². The number of anilines is 1. The standard InChI is InChI=1S/C22H19BrN6/c1-2-25-11-7-3-4-10-19-20(23)21(24)29-22(28-19)17(14-27-29)16-12-15-8-5-6-9-18(15)26-13-16/h2-3,5-9,11-14H,1,4,10,24H2/b7-3+,25-11?. The van der Waals surface area contributed by atoms with E-state index in [1.807, 2.05) is 42.6 Å². The largest absolute Gasteiger partial charge is 0.383 e. The minimum atomic E-state index is 0.530. The molecule has 0 atom stereocenters. The number of nitrogens with two attached hydrogens (primary N) is 1. The Labute approximate surface area is 176 Å². The van der Waals surface area contributed by atoms with Crippen molar-refractivity contribution in [2.24, 2.45) is 4.99 Å². The normalized spacial score (nSPS) is 11.9. The minimum Gasteiger partial charge on any atom is -0.383 e. The Hall–Kier alpha value is -3.32. The van der Waals surface area contributed by atoms with Crippen molar-refractivity contribution in [3.05, 3.63) is 77.8 Å². The Morgan fingerprint density at radius 1 is 1.24 bits per heavy atom. The molecule has 3 aromatic heterocycles. The van der Waals surface area contributed by atoms with Gasteiger partial charge in [0.25, 0.3) is 0 Å². The van der Waals surface area contributed by atoms with Crippen molar-refractivity contribution in [3.8, 4) is 11.1 Å². The quantitative estimate of drug-likeness (QED) is 0.422. The SMILES string of the molecule is C=CN=C/C=C/CCc1nc2c(-c3cnc4ccccc4c3)cnn2c(N)c1Br. The van der Waals surface area contributed by atoms with Crippen LogP contribution in [-0.2, 0) is 6.42 Å². The van der Waals surface area contributed by atoms with Crippen molar-refractivity contribution in [1.82, 2.24) is 19.6 Å². The molecule has 0 spiro atoms. The monoisotopic (exact) mass is 446 g/mol. The van der Waals surface area contributed by atoms with Crippen LogP contribution in [0.3, 0.4) is 0 Å². The average Bonchev–Trinajstić information content (AvgIpc) is 3.17. The summed E-state index contributed by atoms with van der Waals surface area (Å²) >= 11 is 3.57. The van der Waals surface area contributed by atoms with Crippen molar-refractivity contribution in [3.63, 3.8) is 0 Å². The minimum absolute atomic E-state index is 0.530. The third-order valence-electron chi connectivity index (χ3n) is 4.55. The maximum Gasteiger partial charge on any atom is 0.165 e. The number of halogens is 1. The summed E-state index contributed by atoms with van der Waals surface area (Å²) in [6.07, 6.45) is 12.3. The second kappa shape index (κ2) is 8.36. The summed E-state index contributed by atoms with van der Waals surface area (Å²) in [5.41, 5.74) is 10.7. The molecule has 4 rings (SSSR count). The molecule has 0 aliphatic rings. The number of aliphatic imine (C=N–C) groups is 1. The maximum atomic E-state index is 6.32. The van der Waals surface area contributed by atoms with E-state index >= 15 is 0 Å². The zero-order valence-corrected chi connectivity index (χ0v) is 17.2. The van der Waals surface area contributed by atoms with Gasteiger partial charge in [-0.25, -0.2) is 4.98 Å². The first-order valence-corrected chi connectivity index (χ1v) is 9.94. The third-order valence-corrected chi connectivity index (χ3v) is 5.42. The summed E-state index contributed by atoms with van der Waals surface area (Å²) in [6, 6.07) is 10.1. The molecule has 0 fully saturated rings. The second-order valence-corrected chi connectivity index (χ2v) is 7.21. The zero-order chi connectivity index (χ0) is 20.2. The molecule has 0 saturated heterocycles. The zero-order valence-electron chi connectivity index (χ0n) is 15.7. The van der Waals surface area contributed by atoms with Gasteiger partial charge >= 0.3 is 0 Å². The average molecular weight is 447 g/mol. The molecule has 7 heteroatoms. The number of nitrogen functional groups attached to an aromatic ring is 1. The van der Waals surface area contributed by atoms with Crippen LogP contribution in [0, 0.1) is 0 Å². The highest BCUT2D eigenvalue weighted by molar-refractivity contribution is 9.10. The van der Waals surface area contributed by atoms with Gasteiger partial charge in [-0.1, -0.05) is 30.9 Å². The molecule has 6 nitrogen and oxygen atoms in total. The van der Waals surface area contributed by atoms with Crippen LogP contribution in [0.2, 0.25) is 0 Å². The van der Waals surface area contributed by atoms with Crippen molar-refractivity contribution >= 4 is 44.5 Å². The second-order valence-electron chi connectivity index (χ2n) is 6.42. The molecule has 2 N–H and O–H groups in total. The fourth-order valence-electron chi connectivity index (χ4n) is 3.12. The molecule has 144 valence electrons. The van der Waals surface area contributed by atoms with Gasteiger partial charge in [0.15, 0.2) is 5.65 Å². The van der Waals surface area contributed by atoms with Crippen molar-refractivity contribution < 1.29 is 0 Å². The van der Waals surface area contributed by atoms with Gasteiger partial charge in [0.2, 0.25) is 0 Å². The van der Waals surface area contributed by atoms with Crippen LogP contribution in [0.25, 0.3) is 27.7 Å². The fourth-order valence-corrected chi connectivity index (χ4v) is 3.57. The summed E-state index contributed by atoms with van der Waals surface area (Å²) in [6.45, 7) is 3.55. The first kappa shape index (κ1) is 19.0. The predicted octanol–water partition coefficient (Wildman–Crippen LogP) is 4.99. The Kier molecular flexibility index (Phi) is 5.48. The van der Waals surface area contributed by atoms with E-state index in [1.165, 1.54) is 6.20 Å². The van der Waals surface area contributed by atoms with Crippen LogP contribution in [0.5, 0.6) is 0 Å².